The summed E-state index contributed by atoms with van der Waals surface area (Å²) in [7, 11) is 0. The van der Waals surface area contributed by atoms with Gasteiger partial charge in [-0.2, -0.15) is 0 Å². The number of anilines is 1. The smallest absolute Gasteiger partial charge is 0.258 e. The topological polar surface area (TPSA) is 42.0 Å². The van der Waals surface area contributed by atoms with Crippen LogP contribution in [0.25, 0.3) is 0 Å². The van der Waals surface area contributed by atoms with Gasteiger partial charge in [0.15, 0.2) is 5.82 Å². The Morgan fingerprint density at radius 1 is 1.39 bits per heavy atom. The van der Waals surface area contributed by atoms with E-state index in [0.29, 0.717) is 9.50 Å². The first kappa shape index (κ1) is 13.0. The van der Waals surface area contributed by atoms with Crippen LogP contribution in [0.5, 0.6) is 0 Å². The number of aromatic nitrogens is 1. The Morgan fingerprint density at radius 3 is 2.89 bits per heavy atom. The first-order valence-electron chi connectivity index (χ1n) is 4.95. The molecule has 1 heterocycles. The van der Waals surface area contributed by atoms with Gasteiger partial charge in [-0.05, 0) is 46.3 Å². The standard InChI is InChI=1S/C12H7BrClFN2O/c13-9-4-3-7(15)6-8(9)12(18)17-11-10(14)2-1-5-16-11/h1-6H,(H,16,17,18). The van der Waals surface area contributed by atoms with Crippen molar-refractivity contribution in [3.63, 3.8) is 0 Å². The third-order valence-corrected chi connectivity index (χ3v) is 3.16. The highest BCUT2D eigenvalue weighted by Crippen LogP contribution is 2.22. The predicted octanol–water partition coefficient (Wildman–Crippen LogP) is 3.89. The van der Waals surface area contributed by atoms with E-state index < -0.39 is 11.7 Å². The fourth-order valence-electron chi connectivity index (χ4n) is 1.32. The number of carbonyl (C=O) groups is 1. The second-order valence-electron chi connectivity index (χ2n) is 3.41. The highest BCUT2D eigenvalue weighted by molar-refractivity contribution is 9.10. The SMILES string of the molecule is O=C(Nc1ncccc1Cl)c1cc(F)ccc1Br. The van der Waals surface area contributed by atoms with Crippen molar-refractivity contribution in [3.05, 3.63) is 57.4 Å². The molecule has 1 N–H and O–H groups in total. The maximum atomic E-state index is 13.1. The molecule has 0 aliphatic carbocycles. The zero-order chi connectivity index (χ0) is 13.1. The number of nitrogens with zero attached hydrogens (tertiary/aromatic N) is 1. The molecule has 0 bridgehead atoms. The van der Waals surface area contributed by atoms with Crippen molar-refractivity contribution in [2.75, 3.05) is 5.32 Å². The van der Waals surface area contributed by atoms with Crippen molar-refractivity contribution in [2.45, 2.75) is 0 Å². The Morgan fingerprint density at radius 2 is 2.17 bits per heavy atom. The van der Waals surface area contributed by atoms with E-state index in [2.05, 4.69) is 26.2 Å². The molecule has 0 unspecified atom stereocenters. The third kappa shape index (κ3) is 2.86. The number of pyridine rings is 1. The summed E-state index contributed by atoms with van der Waals surface area (Å²) in [6, 6.07) is 7.11. The lowest BCUT2D eigenvalue weighted by atomic mass is 10.2. The van der Waals surface area contributed by atoms with Crippen LogP contribution < -0.4 is 5.32 Å². The van der Waals surface area contributed by atoms with Crippen LogP contribution in [-0.2, 0) is 0 Å². The lowest BCUT2D eigenvalue weighted by molar-refractivity contribution is 0.102. The number of amides is 1. The molecule has 1 aromatic carbocycles. The van der Waals surface area contributed by atoms with Crippen molar-refractivity contribution < 1.29 is 9.18 Å². The summed E-state index contributed by atoms with van der Waals surface area (Å²) >= 11 is 9.05. The Kier molecular flexibility index (Phi) is 3.93. The third-order valence-electron chi connectivity index (χ3n) is 2.16. The van der Waals surface area contributed by atoms with E-state index in [0.717, 1.165) is 6.07 Å². The average Bonchev–Trinajstić information content (AvgIpc) is 2.35. The fourth-order valence-corrected chi connectivity index (χ4v) is 1.92. The van der Waals surface area contributed by atoms with E-state index in [1.807, 2.05) is 0 Å². The van der Waals surface area contributed by atoms with Gasteiger partial charge in [0.05, 0.1) is 10.6 Å². The summed E-state index contributed by atoms with van der Waals surface area (Å²) < 4.78 is 13.6. The summed E-state index contributed by atoms with van der Waals surface area (Å²) in [5.41, 5.74) is 0.178. The molecule has 0 atom stereocenters. The predicted molar refractivity (Wildman–Crippen MR) is 71.3 cm³/mol. The lowest BCUT2D eigenvalue weighted by Gasteiger charge is -2.07. The van der Waals surface area contributed by atoms with Gasteiger partial charge < -0.3 is 5.32 Å². The van der Waals surface area contributed by atoms with E-state index in [9.17, 15) is 9.18 Å². The van der Waals surface area contributed by atoms with Crippen molar-refractivity contribution in [1.82, 2.24) is 4.98 Å². The van der Waals surface area contributed by atoms with Crippen molar-refractivity contribution in [2.24, 2.45) is 0 Å². The zero-order valence-electron chi connectivity index (χ0n) is 8.95. The molecule has 18 heavy (non-hydrogen) atoms. The molecular formula is C12H7BrClFN2O. The zero-order valence-corrected chi connectivity index (χ0v) is 11.3. The number of benzene rings is 1. The van der Waals surface area contributed by atoms with Gasteiger partial charge >= 0.3 is 0 Å². The maximum Gasteiger partial charge on any atom is 0.258 e. The molecular weight excluding hydrogens is 322 g/mol. The molecule has 0 spiro atoms. The van der Waals surface area contributed by atoms with E-state index in [1.165, 1.54) is 18.3 Å². The van der Waals surface area contributed by atoms with Gasteiger partial charge in [-0.3, -0.25) is 4.79 Å². The quantitative estimate of drug-likeness (QED) is 0.908. The maximum absolute atomic E-state index is 13.1. The largest absolute Gasteiger partial charge is 0.305 e. The Bertz CT molecular complexity index is 606. The first-order valence-corrected chi connectivity index (χ1v) is 6.12. The van der Waals surface area contributed by atoms with Gasteiger partial charge in [0, 0.05) is 10.7 Å². The number of halogens is 3. The van der Waals surface area contributed by atoms with Crippen molar-refractivity contribution >= 4 is 39.3 Å². The minimum Gasteiger partial charge on any atom is -0.305 e. The van der Waals surface area contributed by atoms with Crippen LogP contribution in [0.15, 0.2) is 41.0 Å². The van der Waals surface area contributed by atoms with E-state index in [-0.39, 0.29) is 11.4 Å². The number of hydrogen-bond donors (Lipinski definition) is 1. The average molecular weight is 330 g/mol. The molecule has 0 saturated heterocycles. The Labute approximate surface area is 116 Å². The van der Waals surface area contributed by atoms with Gasteiger partial charge in [0.25, 0.3) is 5.91 Å². The lowest BCUT2D eigenvalue weighted by Crippen LogP contribution is -2.14. The molecule has 1 aromatic heterocycles. The molecule has 3 nitrogen and oxygen atoms in total. The van der Waals surface area contributed by atoms with Gasteiger partial charge in [-0.15, -0.1) is 0 Å². The molecule has 0 aliphatic heterocycles. The molecule has 0 saturated carbocycles. The van der Waals surface area contributed by atoms with Crippen LogP contribution >= 0.6 is 27.5 Å². The number of nitrogens with one attached hydrogen (secondary N) is 1. The number of carbonyl (C=O) groups excluding carboxylic acids is 1. The van der Waals surface area contributed by atoms with Crippen LogP contribution in [0, 0.1) is 5.82 Å². The normalized spacial score (nSPS) is 10.2. The van der Waals surface area contributed by atoms with Crippen LogP contribution in [0.3, 0.4) is 0 Å². The number of rotatable bonds is 2. The van der Waals surface area contributed by atoms with E-state index in [4.69, 9.17) is 11.6 Å². The summed E-state index contributed by atoms with van der Waals surface area (Å²) in [5, 5.41) is 2.83. The molecule has 2 aromatic rings. The Hall–Kier alpha value is -1.46. The highest BCUT2D eigenvalue weighted by atomic mass is 79.9. The van der Waals surface area contributed by atoms with Crippen LogP contribution in [0.2, 0.25) is 5.02 Å². The van der Waals surface area contributed by atoms with Gasteiger partial charge in [0.2, 0.25) is 0 Å². The molecule has 6 heteroatoms. The highest BCUT2D eigenvalue weighted by Gasteiger charge is 2.13. The molecule has 1 amide bonds. The molecule has 0 fully saturated rings. The molecule has 92 valence electrons. The Balaban J connectivity index is 2.28. The fraction of sp³-hybridized carbons (Fsp3) is 0. The van der Waals surface area contributed by atoms with Crippen LogP contribution in [0.1, 0.15) is 10.4 Å². The van der Waals surface area contributed by atoms with E-state index in [1.54, 1.807) is 12.1 Å². The van der Waals surface area contributed by atoms with Gasteiger partial charge in [-0.25, -0.2) is 9.37 Å². The first-order chi connectivity index (χ1) is 8.58. The molecule has 2 rings (SSSR count). The number of hydrogen-bond acceptors (Lipinski definition) is 2. The molecule has 0 aliphatic rings. The summed E-state index contributed by atoms with van der Waals surface area (Å²) in [6.45, 7) is 0. The van der Waals surface area contributed by atoms with E-state index >= 15 is 0 Å². The summed E-state index contributed by atoms with van der Waals surface area (Å²) in [4.78, 5) is 15.9. The van der Waals surface area contributed by atoms with Crippen molar-refractivity contribution in [1.29, 1.82) is 0 Å². The second kappa shape index (κ2) is 5.46. The van der Waals surface area contributed by atoms with Crippen molar-refractivity contribution in [3.8, 4) is 0 Å². The van der Waals surface area contributed by atoms with Gasteiger partial charge in [-0.1, -0.05) is 11.6 Å². The molecule has 0 radical (unpaired) electrons. The summed E-state index contributed by atoms with van der Waals surface area (Å²) in [5.74, 6) is -0.738. The van der Waals surface area contributed by atoms with Crippen LogP contribution in [0.4, 0.5) is 10.2 Å². The second-order valence-corrected chi connectivity index (χ2v) is 4.67. The van der Waals surface area contributed by atoms with Gasteiger partial charge in [0.1, 0.15) is 5.82 Å². The minimum absolute atomic E-state index is 0.178. The summed E-state index contributed by atoms with van der Waals surface area (Å²) in [6.07, 6.45) is 1.50. The monoisotopic (exact) mass is 328 g/mol. The minimum atomic E-state index is -0.490. The van der Waals surface area contributed by atoms with Crippen LogP contribution in [-0.4, -0.2) is 10.9 Å².